The summed E-state index contributed by atoms with van der Waals surface area (Å²) in [5.41, 5.74) is 0.313. The Labute approximate surface area is 175 Å². The smallest absolute Gasteiger partial charge is 0.262 e. The number of para-hydroxylation sites is 1. The maximum Gasteiger partial charge on any atom is 0.262 e. The number of sulfonamides is 2. The Hall–Kier alpha value is -2.61. The summed E-state index contributed by atoms with van der Waals surface area (Å²) in [5.74, 6) is -0.566. The molecule has 1 saturated heterocycles. The Morgan fingerprint density at radius 3 is 2.33 bits per heavy atom. The molecule has 0 bridgehead atoms. The Morgan fingerprint density at radius 2 is 1.73 bits per heavy atom. The second-order valence-electron chi connectivity index (χ2n) is 6.61. The first-order valence-corrected chi connectivity index (χ1v) is 12.3. The molecule has 1 aliphatic rings. The molecule has 0 radical (unpaired) electrons. The molecule has 2 N–H and O–H groups in total. The molecule has 30 heavy (non-hydrogen) atoms. The minimum atomic E-state index is -3.76. The van der Waals surface area contributed by atoms with Crippen LogP contribution in [0.2, 0.25) is 0 Å². The van der Waals surface area contributed by atoms with Gasteiger partial charge in [-0.15, -0.1) is 10.2 Å². The largest absolute Gasteiger partial charge is 0.314 e. The molecular weight excluding hydrogens is 432 g/mol. The lowest BCUT2D eigenvalue weighted by Gasteiger charge is -2.25. The number of carbonyl (C=O) groups excluding carboxylic acids is 1. The molecule has 1 amide bonds. The van der Waals surface area contributed by atoms with Crippen molar-refractivity contribution in [3.8, 4) is 0 Å². The fraction of sp³-hybridized carbons (Fsp3) is 0.353. The van der Waals surface area contributed by atoms with Crippen molar-refractivity contribution < 1.29 is 21.6 Å². The third-order valence-electron chi connectivity index (χ3n) is 4.55. The van der Waals surface area contributed by atoms with E-state index in [1.807, 2.05) is 0 Å². The number of piperazine rings is 1. The second-order valence-corrected chi connectivity index (χ2v) is 10.5. The van der Waals surface area contributed by atoms with Crippen LogP contribution in [0, 0.1) is 0 Å². The topological polar surface area (TPSA) is 142 Å². The zero-order valence-corrected chi connectivity index (χ0v) is 18.1. The summed E-state index contributed by atoms with van der Waals surface area (Å²) in [6.45, 7) is 1.80. The van der Waals surface area contributed by atoms with Crippen molar-refractivity contribution in [3.05, 3.63) is 42.0 Å². The van der Waals surface area contributed by atoms with Gasteiger partial charge in [0.2, 0.25) is 10.0 Å². The molecule has 3 rings (SSSR count). The van der Waals surface area contributed by atoms with E-state index in [2.05, 4.69) is 20.8 Å². The Balaban J connectivity index is 1.79. The normalized spacial score (nSPS) is 15.5. The van der Waals surface area contributed by atoms with Crippen LogP contribution in [-0.2, 0) is 20.0 Å². The zero-order chi connectivity index (χ0) is 21.9. The van der Waals surface area contributed by atoms with Crippen LogP contribution in [0.3, 0.4) is 0 Å². The summed E-state index contributed by atoms with van der Waals surface area (Å²) in [6.07, 6.45) is 1.03. The van der Waals surface area contributed by atoms with Crippen LogP contribution >= 0.6 is 0 Å². The van der Waals surface area contributed by atoms with Crippen LogP contribution in [0.4, 0.5) is 11.5 Å². The highest BCUT2D eigenvalue weighted by Crippen LogP contribution is 2.22. The lowest BCUT2D eigenvalue weighted by molar-refractivity contribution is 0.102. The van der Waals surface area contributed by atoms with Gasteiger partial charge in [0.15, 0.2) is 10.8 Å². The van der Waals surface area contributed by atoms with Gasteiger partial charge in [0.1, 0.15) is 0 Å². The van der Waals surface area contributed by atoms with Crippen molar-refractivity contribution in [1.29, 1.82) is 0 Å². The van der Waals surface area contributed by atoms with Gasteiger partial charge in [-0.2, -0.15) is 4.31 Å². The number of rotatable bonds is 6. The minimum Gasteiger partial charge on any atom is -0.314 e. The molecule has 2 aromatic rings. The van der Waals surface area contributed by atoms with Crippen LogP contribution in [0.15, 0.2) is 41.4 Å². The van der Waals surface area contributed by atoms with E-state index in [0.717, 1.165) is 10.6 Å². The van der Waals surface area contributed by atoms with E-state index in [-0.39, 0.29) is 22.1 Å². The molecule has 0 saturated carbocycles. The third kappa shape index (κ3) is 4.75. The van der Waals surface area contributed by atoms with Crippen molar-refractivity contribution in [2.75, 3.05) is 49.1 Å². The van der Waals surface area contributed by atoms with Crippen molar-refractivity contribution in [2.24, 2.45) is 0 Å². The quantitative estimate of drug-likeness (QED) is 0.607. The van der Waals surface area contributed by atoms with E-state index >= 15 is 0 Å². The van der Waals surface area contributed by atoms with Gasteiger partial charge in [-0.25, -0.2) is 16.8 Å². The lowest BCUT2D eigenvalue weighted by Crippen LogP contribution is -2.46. The molecule has 162 valence electrons. The average molecular weight is 455 g/mol. The Kier molecular flexibility index (Phi) is 6.36. The number of benzene rings is 1. The molecule has 11 nitrogen and oxygen atoms in total. The van der Waals surface area contributed by atoms with E-state index in [0.29, 0.717) is 26.2 Å². The summed E-state index contributed by atoms with van der Waals surface area (Å²) >= 11 is 0. The average Bonchev–Trinajstić information content (AvgIpc) is 2.73. The van der Waals surface area contributed by atoms with Gasteiger partial charge in [0.25, 0.3) is 15.9 Å². The van der Waals surface area contributed by atoms with Crippen LogP contribution in [0.5, 0.6) is 0 Å². The molecule has 0 atom stereocenters. The number of hydrogen-bond donors (Lipinski definition) is 2. The van der Waals surface area contributed by atoms with Crippen molar-refractivity contribution in [1.82, 2.24) is 19.8 Å². The molecule has 2 heterocycles. The standard InChI is InChI=1S/C17H22N6O5S2/c1-22(29(2,25)26)14-6-4-3-5-13(14)17(24)19-15-7-8-16(21-20-15)30(27,28)23-11-9-18-10-12-23/h3-8,18H,9-12H2,1-2H3,(H,19,20,24). The highest BCUT2D eigenvalue weighted by atomic mass is 32.2. The van der Waals surface area contributed by atoms with Crippen LogP contribution in [0.1, 0.15) is 10.4 Å². The minimum absolute atomic E-state index is 0.0380. The SMILES string of the molecule is CN(c1ccccc1C(=O)Nc1ccc(S(=O)(=O)N2CCNCC2)nn1)S(C)(=O)=O. The number of anilines is 2. The number of hydrogen-bond acceptors (Lipinski definition) is 8. The summed E-state index contributed by atoms with van der Waals surface area (Å²) in [5, 5.41) is 12.9. The zero-order valence-electron chi connectivity index (χ0n) is 16.4. The van der Waals surface area contributed by atoms with Crippen LogP contribution in [-0.4, -0.2) is 76.7 Å². The monoisotopic (exact) mass is 454 g/mol. The van der Waals surface area contributed by atoms with E-state index in [4.69, 9.17) is 0 Å². The maximum absolute atomic E-state index is 12.7. The molecule has 1 fully saturated rings. The predicted molar refractivity (Wildman–Crippen MR) is 111 cm³/mol. The highest BCUT2D eigenvalue weighted by Gasteiger charge is 2.27. The summed E-state index contributed by atoms with van der Waals surface area (Å²) in [7, 11) is -5.98. The number of nitrogens with one attached hydrogen (secondary N) is 2. The molecular formula is C17H22N6O5S2. The molecule has 13 heteroatoms. The van der Waals surface area contributed by atoms with Gasteiger partial charge in [0, 0.05) is 33.2 Å². The summed E-state index contributed by atoms with van der Waals surface area (Å²) < 4.78 is 51.2. The molecule has 0 spiro atoms. The molecule has 1 aromatic heterocycles. The first-order chi connectivity index (χ1) is 14.1. The number of amides is 1. The Morgan fingerprint density at radius 1 is 1.07 bits per heavy atom. The van der Waals surface area contributed by atoms with Crippen molar-refractivity contribution >= 4 is 37.5 Å². The predicted octanol–water partition coefficient (Wildman–Crippen LogP) is -0.281. The highest BCUT2D eigenvalue weighted by molar-refractivity contribution is 7.92. The van der Waals surface area contributed by atoms with Gasteiger partial charge in [-0.05, 0) is 24.3 Å². The lowest BCUT2D eigenvalue weighted by atomic mass is 10.1. The molecule has 0 unspecified atom stereocenters. The van der Waals surface area contributed by atoms with E-state index in [9.17, 15) is 21.6 Å². The van der Waals surface area contributed by atoms with Crippen LogP contribution in [0.25, 0.3) is 0 Å². The van der Waals surface area contributed by atoms with E-state index in [1.54, 1.807) is 12.1 Å². The van der Waals surface area contributed by atoms with Gasteiger partial charge in [0.05, 0.1) is 17.5 Å². The van der Waals surface area contributed by atoms with Crippen LogP contribution < -0.4 is 14.9 Å². The maximum atomic E-state index is 12.7. The Bertz CT molecular complexity index is 1130. The number of nitrogens with zero attached hydrogens (tertiary/aromatic N) is 4. The van der Waals surface area contributed by atoms with E-state index < -0.39 is 26.0 Å². The molecule has 1 aromatic carbocycles. The van der Waals surface area contributed by atoms with Gasteiger partial charge >= 0.3 is 0 Å². The first kappa shape index (κ1) is 22.1. The summed E-state index contributed by atoms with van der Waals surface area (Å²) in [6, 6.07) is 8.80. The van der Waals surface area contributed by atoms with Gasteiger partial charge < -0.3 is 10.6 Å². The van der Waals surface area contributed by atoms with Gasteiger partial charge in [-0.1, -0.05) is 12.1 Å². The molecule has 0 aliphatic carbocycles. The first-order valence-electron chi connectivity index (χ1n) is 8.99. The summed E-state index contributed by atoms with van der Waals surface area (Å²) in [4.78, 5) is 12.7. The fourth-order valence-corrected chi connectivity index (χ4v) is 4.67. The second kappa shape index (κ2) is 8.63. The molecule has 1 aliphatic heterocycles. The number of carbonyl (C=O) groups is 1. The fourth-order valence-electron chi connectivity index (χ4n) is 2.84. The third-order valence-corrected chi connectivity index (χ3v) is 7.53. The number of aromatic nitrogens is 2. The van der Waals surface area contributed by atoms with Gasteiger partial charge in [-0.3, -0.25) is 9.10 Å². The van der Waals surface area contributed by atoms with Crippen molar-refractivity contribution in [3.63, 3.8) is 0 Å². The van der Waals surface area contributed by atoms with E-state index in [1.165, 1.54) is 35.6 Å². The van der Waals surface area contributed by atoms with Crippen molar-refractivity contribution in [2.45, 2.75) is 5.03 Å².